The highest BCUT2D eigenvalue weighted by molar-refractivity contribution is 7.99. The van der Waals surface area contributed by atoms with Gasteiger partial charge in [-0.1, -0.05) is 61.2 Å². The van der Waals surface area contributed by atoms with Crippen LogP contribution in [0.5, 0.6) is 0 Å². The normalized spacial score (nSPS) is 10.8. The summed E-state index contributed by atoms with van der Waals surface area (Å²) in [6.07, 6.45) is 4.42. The molecule has 0 bridgehead atoms. The number of pyridine rings is 1. The van der Waals surface area contributed by atoms with E-state index in [4.69, 9.17) is 0 Å². The Morgan fingerprint density at radius 1 is 0.931 bits per heavy atom. The molecule has 0 aliphatic rings. The summed E-state index contributed by atoms with van der Waals surface area (Å²) in [6, 6.07) is 21.5. The minimum absolute atomic E-state index is 0.0747. The highest BCUT2D eigenvalue weighted by Gasteiger charge is 2.17. The Hall–Kier alpha value is -3.25. The Kier molecular flexibility index (Phi) is 5.81. The average molecular weight is 401 g/mol. The summed E-state index contributed by atoms with van der Waals surface area (Å²) in [5.74, 6) is 1.10. The number of rotatable bonds is 7. The largest absolute Gasteiger partial charge is 0.293 e. The Bertz CT molecular complexity index is 1090. The second-order valence-corrected chi connectivity index (χ2v) is 7.42. The molecule has 0 aliphatic heterocycles. The van der Waals surface area contributed by atoms with E-state index >= 15 is 0 Å². The van der Waals surface area contributed by atoms with Gasteiger partial charge in [0.2, 0.25) is 0 Å². The predicted octanol–water partition coefficient (Wildman–Crippen LogP) is 4.87. The molecule has 0 saturated carbocycles. The molecule has 2 heterocycles. The number of nitrogens with zero attached hydrogens (tertiary/aromatic N) is 4. The van der Waals surface area contributed by atoms with Gasteiger partial charge >= 0.3 is 0 Å². The SMILES string of the molecule is CCc1ccc(C(=O)CSc2nnc(-c3ccncc3)n2-c2ccccc2)cc1. The number of carbonyl (C=O) groups excluding carboxylic acids is 1. The maximum atomic E-state index is 12.7. The van der Waals surface area contributed by atoms with Crippen molar-refractivity contribution in [3.63, 3.8) is 0 Å². The first-order valence-electron chi connectivity index (χ1n) is 9.42. The van der Waals surface area contributed by atoms with Gasteiger partial charge in [-0.05, 0) is 36.2 Å². The quantitative estimate of drug-likeness (QED) is 0.327. The van der Waals surface area contributed by atoms with Crippen LogP contribution in [-0.2, 0) is 6.42 Å². The van der Waals surface area contributed by atoms with Gasteiger partial charge in [0.1, 0.15) is 0 Å². The molecule has 0 N–H and O–H groups in total. The molecule has 0 atom stereocenters. The highest BCUT2D eigenvalue weighted by atomic mass is 32.2. The first-order valence-corrected chi connectivity index (χ1v) is 10.4. The Labute approximate surface area is 173 Å². The fraction of sp³-hybridized carbons (Fsp3) is 0.130. The summed E-state index contributed by atoms with van der Waals surface area (Å²) >= 11 is 1.39. The van der Waals surface area contributed by atoms with Crippen LogP contribution < -0.4 is 0 Å². The van der Waals surface area contributed by atoms with Gasteiger partial charge in [-0.25, -0.2) is 0 Å². The van der Waals surface area contributed by atoms with Crippen molar-refractivity contribution < 1.29 is 4.79 Å². The van der Waals surface area contributed by atoms with Crippen LogP contribution >= 0.6 is 11.8 Å². The number of aryl methyl sites for hydroxylation is 1. The van der Waals surface area contributed by atoms with Crippen LogP contribution in [0, 0.1) is 0 Å². The van der Waals surface area contributed by atoms with E-state index in [-0.39, 0.29) is 5.78 Å². The fourth-order valence-electron chi connectivity index (χ4n) is 3.00. The summed E-state index contributed by atoms with van der Waals surface area (Å²) < 4.78 is 1.98. The van der Waals surface area contributed by atoms with E-state index in [0.29, 0.717) is 10.9 Å². The van der Waals surface area contributed by atoms with Gasteiger partial charge in [0.25, 0.3) is 0 Å². The van der Waals surface area contributed by atoms with Crippen molar-refractivity contribution in [2.75, 3.05) is 5.75 Å². The molecule has 0 saturated heterocycles. The molecular formula is C23H20N4OS. The zero-order chi connectivity index (χ0) is 20.1. The topological polar surface area (TPSA) is 60.7 Å². The van der Waals surface area contributed by atoms with Crippen LogP contribution in [0.2, 0.25) is 0 Å². The van der Waals surface area contributed by atoms with Crippen LogP contribution in [-0.4, -0.2) is 31.3 Å². The first-order chi connectivity index (χ1) is 14.3. The zero-order valence-corrected chi connectivity index (χ0v) is 16.8. The molecule has 0 aliphatic carbocycles. The molecule has 0 spiro atoms. The number of thioether (sulfide) groups is 1. The van der Waals surface area contributed by atoms with Crippen molar-refractivity contribution in [1.82, 2.24) is 19.7 Å². The van der Waals surface area contributed by atoms with Crippen LogP contribution in [0.15, 0.2) is 84.3 Å². The summed E-state index contributed by atoms with van der Waals surface area (Å²) in [7, 11) is 0. The number of aromatic nitrogens is 4. The van der Waals surface area contributed by atoms with Crippen molar-refractivity contribution in [3.05, 3.63) is 90.3 Å². The number of carbonyl (C=O) groups is 1. The fourth-order valence-corrected chi connectivity index (χ4v) is 3.85. The van der Waals surface area contributed by atoms with Crippen molar-refractivity contribution >= 4 is 17.5 Å². The summed E-state index contributed by atoms with van der Waals surface area (Å²) in [4.78, 5) is 16.7. The van der Waals surface area contributed by atoms with Crippen molar-refractivity contribution in [2.24, 2.45) is 0 Å². The van der Waals surface area contributed by atoms with E-state index in [1.807, 2.05) is 71.3 Å². The van der Waals surface area contributed by atoms with Gasteiger partial charge in [0.05, 0.1) is 5.75 Å². The van der Waals surface area contributed by atoms with E-state index in [1.165, 1.54) is 17.3 Å². The number of para-hydroxylation sites is 1. The van der Waals surface area contributed by atoms with E-state index in [2.05, 4.69) is 22.1 Å². The molecule has 4 aromatic rings. The maximum absolute atomic E-state index is 12.7. The molecule has 4 rings (SSSR count). The van der Waals surface area contributed by atoms with E-state index < -0.39 is 0 Å². The van der Waals surface area contributed by atoms with Gasteiger partial charge in [-0.15, -0.1) is 10.2 Å². The molecular weight excluding hydrogens is 380 g/mol. The summed E-state index contributed by atoms with van der Waals surface area (Å²) in [5.41, 5.74) is 3.81. The maximum Gasteiger partial charge on any atom is 0.196 e. The summed E-state index contributed by atoms with van der Waals surface area (Å²) in [5, 5.41) is 9.44. The number of benzene rings is 2. The lowest BCUT2D eigenvalue weighted by molar-refractivity contribution is 0.102. The standard InChI is InChI=1S/C23H20N4OS/c1-2-17-8-10-18(11-9-17)21(28)16-29-23-26-25-22(19-12-14-24-15-13-19)27(23)20-6-4-3-5-7-20/h3-15H,2,16H2,1H3. The van der Waals surface area contributed by atoms with Crippen molar-refractivity contribution in [2.45, 2.75) is 18.5 Å². The van der Waals surface area contributed by atoms with Gasteiger partial charge < -0.3 is 0 Å². The average Bonchev–Trinajstić information content (AvgIpc) is 3.22. The number of hydrogen-bond acceptors (Lipinski definition) is 5. The second-order valence-electron chi connectivity index (χ2n) is 6.48. The van der Waals surface area contributed by atoms with E-state index in [1.54, 1.807) is 12.4 Å². The monoisotopic (exact) mass is 400 g/mol. The molecule has 2 aromatic heterocycles. The van der Waals surface area contributed by atoms with Gasteiger partial charge in [-0.3, -0.25) is 14.3 Å². The molecule has 0 unspecified atom stereocenters. The third kappa shape index (κ3) is 4.27. The van der Waals surface area contributed by atoms with Gasteiger partial charge in [0.15, 0.2) is 16.8 Å². The minimum atomic E-state index is 0.0747. The molecule has 0 fully saturated rings. The van der Waals surface area contributed by atoms with Crippen molar-refractivity contribution in [1.29, 1.82) is 0 Å². The molecule has 0 radical (unpaired) electrons. The van der Waals surface area contributed by atoms with Crippen molar-refractivity contribution in [3.8, 4) is 17.1 Å². The Morgan fingerprint density at radius 3 is 2.34 bits per heavy atom. The van der Waals surface area contributed by atoms with E-state index in [0.717, 1.165) is 29.1 Å². The van der Waals surface area contributed by atoms with Gasteiger partial charge in [0, 0.05) is 29.2 Å². The summed E-state index contributed by atoms with van der Waals surface area (Å²) in [6.45, 7) is 2.10. The predicted molar refractivity (Wildman–Crippen MR) is 115 cm³/mol. The minimum Gasteiger partial charge on any atom is -0.293 e. The lowest BCUT2D eigenvalue weighted by Gasteiger charge is -2.10. The molecule has 2 aromatic carbocycles. The second kappa shape index (κ2) is 8.84. The van der Waals surface area contributed by atoms with Crippen LogP contribution in [0.25, 0.3) is 17.1 Å². The third-order valence-corrected chi connectivity index (χ3v) is 5.53. The van der Waals surface area contributed by atoms with Crippen LogP contribution in [0.3, 0.4) is 0 Å². The zero-order valence-electron chi connectivity index (χ0n) is 16.0. The lowest BCUT2D eigenvalue weighted by atomic mass is 10.1. The number of ketones is 1. The molecule has 5 nitrogen and oxygen atoms in total. The van der Waals surface area contributed by atoms with E-state index in [9.17, 15) is 4.79 Å². The highest BCUT2D eigenvalue weighted by Crippen LogP contribution is 2.28. The molecule has 6 heteroatoms. The number of Topliss-reactive ketones (excluding diaryl/α,β-unsaturated/α-hetero) is 1. The molecule has 0 amide bonds. The number of hydrogen-bond donors (Lipinski definition) is 0. The first kappa shape index (κ1) is 19.1. The van der Waals surface area contributed by atoms with Crippen LogP contribution in [0.1, 0.15) is 22.8 Å². The molecule has 144 valence electrons. The third-order valence-electron chi connectivity index (χ3n) is 4.60. The molecule has 29 heavy (non-hydrogen) atoms. The van der Waals surface area contributed by atoms with Crippen LogP contribution in [0.4, 0.5) is 0 Å². The smallest absolute Gasteiger partial charge is 0.196 e. The lowest BCUT2D eigenvalue weighted by Crippen LogP contribution is -2.05. The Balaban J connectivity index is 1.62. The Morgan fingerprint density at radius 2 is 1.66 bits per heavy atom. The van der Waals surface area contributed by atoms with Gasteiger partial charge in [-0.2, -0.15) is 0 Å².